The molecule has 0 saturated carbocycles. The molecular formula is C11H22N4. The summed E-state index contributed by atoms with van der Waals surface area (Å²) in [6, 6.07) is 0.477. The number of likely N-dealkylation sites (N-methyl/N-ethyl adjacent to an activating group) is 1. The van der Waals surface area contributed by atoms with Crippen molar-refractivity contribution in [3.05, 3.63) is 12.2 Å². The van der Waals surface area contributed by atoms with Crippen LogP contribution in [0.5, 0.6) is 0 Å². The first kappa shape index (κ1) is 12.2. The van der Waals surface area contributed by atoms with Crippen molar-refractivity contribution < 1.29 is 0 Å². The monoisotopic (exact) mass is 210 g/mol. The van der Waals surface area contributed by atoms with Gasteiger partial charge in [0.25, 0.3) is 0 Å². The molecule has 1 atom stereocenters. The third kappa shape index (κ3) is 3.30. The van der Waals surface area contributed by atoms with Crippen molar-refractivity contribution in [2.24, 2.45) is 5.92 Å². The summed E-state index contributed by atoms with van der Waals surface area (Å²) in [5, 5.41) is 7.56. The molecule has 1 aromatic rings. The van der Waals surface area contributed by atoms with Crippen LogP contribution in [0.15, 0.2) is 6.33 Å². The number of aryl methyl sites for hydroxylation is 1. The van der Waals surface area contributed by atoms with E-state index in [1.807, 2.05) is 11.7 Å². The molecule has 4 heteroatoms. The minimum atomic E-state index is 0.477. The molecule has 1 aromatic heterocycles. The highest BCUT2D eigenvalue weighted by Gasteiger charge is 2.14. The quantitative estimate of drug-likeness (QED) is 0.773. The van der Waals surface area contributed by atoms with E-state index in [9.17, 15) is 0 Å². The molecule has 0 aliphatic heterocycles. The topological polar surface area (TPSA) is 42.7 Å². The minimum Gasteiger partial charge on any atom is -0.316 e. The van der Waals surface area contributed by atoms with Crippen LogP contribution in [0, 0.1) is 5.92 Å². The lowest BCUT2D eigenvalue weighted by atomic mass is 10.0. The minimum absolute atomic E-state index is 0.477. The summed E-state index contributed by atoms with van der Waals surface area (Å²) in [7, 11) is 2.01. The standard InChI is InChI=1S/C11H22N4/c1-5-6-15-11(13-8-14-15)7-10(12-4)9(2)3/h8-10,12H,5-7H2,1-4H3. The Labute approximate surface area is 92.1 Å². The van der Waals surface area contributed by atoms with Crippen molar-refractivity contribution in [2.45, 2.75) is 46.2 Å². The van der Waals surface area contributed by atoms with E-state index in [1.54, 1.807) is 6.33 Å². The highest BCUT2D eigenvalue weighted by atomic mass is 15.3. The van der Waals surface area contributed by atoms with Crippen LogP contribution >= 0.6 is 0 Å². The van der Waals surface area contributed by atoms with Gasteiger partial charge in [0.2, 0.25) is 0 Å². The van der Waals surface area contributed by atoms with Crippen LogP contribution < -0.4 is 5.32 Å². The van der Waals surface area contributed by atoms with Gasteiger partial charge in [-0.1, -0.05) is 20.8 Å². The summed E-state index contributed by atoms with van der Waals surface area (Å²) in [6.07, 6.45) is 3.70. The Hall–Kier alpha value is -0.900. The van der Waals surface area contributed by atoms with Gasteiger partial charge in [0.1, 0.15) is 12.2 Å². The van der Waals surface area contributed by atoms with Gasteiger partial charge < -0.3 is 5.32 Å². The Morgan fingerprint density at radius 2 is 2.20 bits per heavy atom. The third-order valence-corrected chi connectivity index (χ3v) is 2.71. The third-order valence-electron chi connectivity index (χ3n) is 2.71. The van der Waals surface area contributed by atoms with E-state index in [1.165, 1.54) is 0 Å². The Bertz CT molecular complexity index is 280. The number of nitrogens with one attached hydrogen (secondary N) is 1. The SMILES string of the molecule is CCCn1ncnc1CC(NC)C(C)C. The smallest absolute Gasteiger partial charge is 0.138 e. The van der Waals surface area contributed by atoms with Crippen LogP contribution in [0.1, 0.15) is 33.0 Å². The van der Waals surface area contributed by atoms with Crippen LogP contribution in [-0.4, -0.2) is 27.9 Å². The molecule has 0 aromatic carbocycles. The predicted octanol–water partition coefficient (Wildman–Crippen LogP) is 1.47. The molecule has 0 saturated heterocycles. The van der Waals surface area contributed by atoms with Gasteiger partial charge in [-0.3, -0.25) is 4.68 Å². The van der Waals surface area contributed by atoms with Crippen LogP contribution in [0.2, 0.25) is 0 Å². The first-order valence-corrected chi connectivity index (χ1v) is 5.73. The molecule has 0 aliphatic carbocycles. The Morgan fingerprint density at radius 3 is 2.73 bits per heavy atom. The normalized spacial score (nSPS) is 13.4. The Balaban J connectivity index is 2.65. The maximum absolute atomic E-state index is 4.32. The Morgan fingerprint density at radius 1 is 1.47 bits per heavy atom. The maximum atomic E-state index is 4.32. The first-order chi connectivity index (χ1) is 7.19. The van der Waals surface area contributed by atoms with E-state index >= 15 is 0 Å². The highest BCUT2D eigenvalue weighted by Crippen LogP contribution is 2.08. The summed E-state index contributed by atoms with van der Waals surface area (Å²) in [4.78, 5) is 4.32. The summed E-state index contributed by atoms with van der Waals surface area (Å²) in [5.74, 6) is 1.70. The number of hydrogen-bond acceptors (Lipinski definition) is 3. The lowest BCUT2D eigenvalue weighted by molar-refractivity contribution is 0.406. The van der Waals surface area contributed by atoms with E-state index < -0.39 is 0 Å². The lowest BCUT2D eigenvalue weighted by Crippen LogP contribution is -2.33. The van der Waals surface area contributed by atoms with E-state index in [2.05, 4.69) is 36.2 Å². The van der Waals surface area contributed by atoms with Gasteiger partial charge >= 0.3 is 0 Å². The predicted molar refractivity (Wildman–Crippen MR) is 61.7 cm³/mol. The molecule has 0 amide bonds. The van der Waals surface area contributed by atoms with Gasteiger partial charge in [0, 0.05) is 19.0 Å². The molecule has 1 unspecified atom stereocenters. The number of nitrogens with zero attached hydrogens (tertiary/aromatic N) is 3. The van der Waals surface area contributed by atoms with Crippen molar-refractivity contribution in [1.82, 2.24) is 20.1 Å². The molecule has 4 nitrogen and oxygen atoms in total. The molecule has 0 aliphatic rings. The summed E-state index contributed by atoms with van der Waals surface area (Å²) < 4.78 is 2.01. The number of rotatable bonds is 6. The molecular weight excluding hydrogens is 188 g/mol. The lowest BCUT2D eigenvalue weighted by Gasteiger charge is -2.19. The zero-order chi connectivity index (χ0) is 11.3. The molecule has 15 heavy (non-hydrogen) atoms. The van der Waals surface area contributed by atoms with Crippen molar-refractivity contribution in [2.75, 3.05) is 7.05 Å². The van der Waals surface area contributed by atoms with Gasteiger partial charge in [0.05, 0.1) is 0 Å². The maximum Gasteiger partial charge on any atom is 0.138 e. The average Bonchev–Trinajstić information content (AvgIpc) is 2.62. The van der Waals surface area contributed by atoms with Gasteiger partial charge in [-0.25, -0.2) is 4.98 Å². The van der Waals surface area contributed by atoms with Crippen molar-refractivity contribution in [1.29, 1.82) is 0 Å². The molecule has 86 valence electrons. The van der Waals surface area contributed by atoms with Crippen molar-refractivity contribution >= 4 is 0 Å². The van der Waals surface area contributed by atoms with Crippen LogP contribution in [0.4, 0.5) is 0 Å². The van der Waals surface area contributed by atoms with Gasteiger partial charge in [-0.15, -0.1) is 0 Å². The van der Waals surface area contributed by atoms with E-state index in [0.717, 1.165) is 25.2 Å². The zero-order valence-electron chi connectivity index (χ0n) is 10.2. The van der Waals surface area contributed by atoms with E-state index in [0.29, 0.717) is 12.0 Å². The fourth-order valence-electron chi connectivity index (χ4n) is 1.71. The summed E-state index contributed by atoms with van der Waals surface area (Å²) in [5.41, 5.74) is 0. The van der Waals surface area contributed by atoms with Crippen LogP contribution in [0.3, 0.4) is 0 Å². The highest BCUT2D eigenvalue weighted by molar-refractivity contribution is 4.90. The molecule has 0 spiro atoms. The molecule has 0 radical (unpaired) electrons. The van der Waals surface area contributed by atoms with Crippen LogP contribution in [0.25, 0.3) is 0 Å². The molecule has 1 heterocycles. The van der Waals surface area contributed by atoms with Crippen LogP contribution in [-0.2, 0) is 13.0 Å². The summed E-state index contributed by atoms with van der Waals surface area (Å²) >= 11 is 0. The zero-order valence-corrected chi connectivity index (χ0v) is 10.2. The van der Waals surface area contributed by atoms with E-state index in [-0.39, 0.29) is 0 Å². The van der Waals surface area contributed by atoms with Crippen molar-refractivity contribution in [3.8, 4) is 0 Å². The van der Waals surface area contributed by atoms with E-state index in [4.69, 9.17) is 0 Å². The number of hydrogen-bond donors (Lipinski definition) is 1. The number of aromatic nitrogens is 3. The van der Waals surface area contributed by atoms with Crippen molar-refractivity contribution in [3.63, 3.8) is 0 Å². The fourth-order valence-corrected chi connectivity index (χ4v) is 1.71. The largest absolute Gasteiger partial charge is 0.316 e. The second-order valence-electron chi connectivity index (χ2n) is 4.24. The van der Waals surface area contributed by atoms with Gasteiger partial charge in [0.15, 0.2) is 0 Å². The molecule has 1 N–H and O–H groups in total. The molecule has 1 rings (SSSR count). The Kier molecular flexibility index (Phi) is 4.75. The molecule has 0 fully saturated rings. The second-order valence-corrected chi connectivity index (χ2v) is 4.24. The molecule has 0 bridgehead atoms. The second kappa shape index (κ2) is 5.85. The fraction of sp³-hybridized carbons (Fsp3) is 0.818. The van der Waals surface area contributed by atoms with Gasteiger partial charge in [-0.05, 0) is 19.4 Å². The average molecular weight is 210 g/mol. The first-order valence-electron chi connectivity index (χ1n) is 5.73. The summed E-state index contributed by atoms with van der Waals surface area (Å²) in [6.45, 7) is 7.57. The van der Waals surface area contributed by atoms with Gasteiger partial charge in [-0.2, -0.15) is 5.10 Å².